The molecule has 0 aliphatic carbocycles. The first kappa shape index (κ1) is 21.5. The second-order valence-corrected chi connectivity index (χ2v) is 7.12. The van der Waals surface area contributed by atoms with Crippen LogP contribution in [0.4, 0.5) is 5.69 Å². The number of aryl methyl sites for hydroxylation is 2. The molecule has 0 saturated heterocycles. The van der Waals surface area contributed by atoms with Crippen LogP contribution in [0, 0.1) is 13.8 Å². The second kappa shape index (κ2) is 9.54. The fourth-order valence-corrected chi connectivity index (χ4v) is 3.36. The number of hydrogen-bond donors (Lipinski definition) is 1. The maximum atomic E-state index is 12.8. The van der Waals surface area contributed by atoms with Crippen LogP contribution in [0.25, 0.3) is 5.65 Å². The summed E-state index contributed by atoms with van der Waals surface area (Å²) < 4.78 is 7.13. The number of benzene rings is 1. The number of carbonyl (C=O) groups is 2. The van der Waals surface area contributed by atoms with E-state index in [1.54, 1.807) is 28.7 Å². The average molecular weight is 409 g/mol. The number of amides is 1. The lowest BCUT2D eigenvalue weighted by molar-refractivity contribution is 0.0466. The minimum absolute atomic E-state index is 0.250. The van der Waals surface area contributed by atoms with Crippen molar-refractivity contribution in [1.82, 2.24) is 14.3 Å². The normalized spacial score (nSPS) is 11.1. The molecule has 7 heteroatoms. The summed E-state index contributed by atoms with van der Waals surface area (Å²) in [6.45, 7) is 10.8. The van der Waals surface area contributed by atoms with E-state index in [1.807, 2.05) is 32.2 Å². The van der Waals surface area contributed by atoms with Gasteiger partial charge in [0.1, 0.15) is 17.9 Å². The zero-order chi connectivity index (χ0) is 21.7. The maximum absolute atomic E-state index is 12.8. The second-order valence-electron chi connectivity index (χ2n) is 7.12. The summed E-state index contributed by atoms with van der Waals surface area (Å²) in [5, 5.41) is 2.88. The molecule has 0 atom stereocenters. The van der Waals surface area contributed by atoms with Gasteiger partial charge in [-0.1, -0.05) is 19.9 Å². The van der Waals surface area contributed by atoms with E-state index in [9.17, 15) is 9.59 Å². The summed E-state index contributed by atoms with van der Waals surface area (Å²) in [6.07, 6.45) is 1.83. The van der Waals surface area contributed by atoms with Crippen LogP contribution in [-0.4, -0.2) is 52.4 Å². The van der Waals surface area contributed by atoms with E-state index in [1.165, 1.54) is 0 Å². The highest BCUT2D eigenvalue weighted by atomic mass is 16.5. The number of ether oxygens (including phenoxy) is 1. The molecular weight excluding hydrogens is 380 g/mol. The Morgan fingerprint density at radius 1 is 1.10 bits per heavy atom. The van der Waals surface area contributed by atoms with E-state index in [0.717, 1.165) is 24.3 Å². The van der Waals surface area contributed by atoms with Gasteiger partial charge in [-0.05, 0) is 62.8 Å². The van der Waals surface area contributed by atoms with E-state index < -0.39 is 0 Å². The smallest absolute Gasteiger partial charge is 0.338 e. The predicted molar refractivity (Wildman–Crippen MR) is 117 cm³/mol. The Morgan fingerprint density at radius 3 is 2.47 bits per heavy atom. The average Bonchev–Trinajstić information content (AvgIpc) is 3.09. The fraction of sp³-hybridized carbons (Fsp3) is 0.348. The largest absolute Gasteiger partial charge is 0.461 e. The third kappa shape index (κ3) is 4.68. The quantitative estimate of drug-likeness (QED) is 0.575. The summed E-state index contributed by atoms with van der Waals surface area (Å²) >= 11 is 0. The van der Waals surface area contributed by atoms with Gasteiger partial charge in [-0.15, -0.1) is 0 Å². The summed E-state index contributed by atoms with van der Waals surface area (Å²) in [7, 11) is 0. The molecule has 3 aromatic rings. The van der Waals surface area contributed by atoms with E-state index in [2.05, 4.69) is 29.0 Å². The Hall–Kier alpha value is -3.19. The highest BCUT2D eigenvalue weighted by molar-refractivity contribution is 6.04. The van der Waals surface area contributed by atoms with Crippen molar-refractivity contribution in [3.63, 3.8) is 0 Å². The fourth-order valence-electron chi connectivity index (χ4n) is 3.36. The van der Waals surface area contributed by atoms with Crippen molar-refractivity contribution in [3.8, 4) is 0 Å². The van der Waals surface area contributed by atoms with Gasteiger partial charge in [0, 0.05) is 18.4 Å². The number of pyridine rings is 1. The highest BCUT2D eigenvalue weighted by Gasteiger charge is 2.18. The van der Waals surface area contributed by atoms with Crippen molar-refractivity contribution in [2.24, 2.45) is 0 Å². The number of likely N-dealkylation sites (N-methyl/N-ethyl adjacent to an activating group) is 1. The van der Waals surface area contributed by atoms with Crippen molar-refractivity contribution in [2.75, 3.05) is 31.6 Å². The van der Waals surface area contributed by atoms with E-state index in [0.29, 0.717) is 35.8 Å². The zero-order valence-electron chi connectivity index (χ0n) is 17.9. The lowest BCUT2D eigenvalue weighted by Crippen LogP contribution is -2.27. The van der Waals surface area contributed by atoms with Gasteiger partial charge >= 0.3 is 5.97 Å². The summed E-state index contributed by atoms with van der Waals surface area (Å²) in [5.74, 6) is -0.617. The Bertz CT molecular complexity index is 1040. The zero-order valence-corrected chi connectivity index (χ0v) is 17.9. The van der Waals surface area contributed by atoms with Crippen molar-refractivity contribution < 1.29 is 14.3 Å². The minimum Gasteiger partial charge on any atom is -0.461 e. The van der Waals surface area contributed by atoms with Gasteiger partial charge in [-0.2, -0.15) is 0 Å². The third-order valence-corrected chi connectivity index (χ3v) is 5.15. The number of nitrogens with zero attached hydrogens (tertiary/aromatic N) is 3. The number of imidazole rings is 1. The van der Waals surface area contributed by atoms with E-state index in [-0.39, 0.29) is 11.9 Å². The van der Waals surface area contributed by atoms with Crippen molar-refractivity contribution in [1.29, 1.82) is 0 Å². The van der Waals surface area contributed by atoms with Crippen LogP contribution in [0.15, 0.2) is 42.6 Å². The van der Waals surface area contributed by atoms with Crippen molar-refractivity contribution >= 4 is 23.2 Å². The van der Waals surface area contributed by atoms with Crippen molar-refractivity contribution in [2.45, 2.75) is 27.7 Å². The third-order valence-electron chi connectivity index (χ3n) is 5.15. The lowest BCUT2D eigenvalue weighted by atomic mass is 10.2. The molecule has 0 aliphatic rings. The van der Waals surface area contributed by atoms with Crippen LogP contribution in [-0.2, 0) is 4.74 Å². The molecular formula is C23H28N4O3. The molecule has 2 aromatic heterocycles. The van der Waals surface area contributed by atoms with Crippen LogP contribution < -0.4 is 5.32 Å². The van der Waals surface area contributed by atoms with Gasteiger partial charge in [0.25, 0.3) is 5.91 Å². The number of hydrogen-bond acceptors (Lipinski definition) is 5. The molecule has 3 rings (SSSR count). The molecule has 0 aliphatic heterocycles. The maximum Gasteiger partial charge on any atom is 0.338 e. The van der Waals surface area contributed by atoms with Crippen LogP contribution in [0.2, 0.25) is 0 Å². The molecule has 158 valence electrons. The molecule has 1 N–H and O–H groups in total. The number of nitrogens with one attached hydrogen (secondary N) is 1. The Balaban J connectivity index is 1.65. The molecule has 0 bridgehead atoms. The summed E-state index contributed by atoms with van der Waals surface area (Å²) in [4.78, 5) is 31.7. The van der Waals surface area contributed by atoms with Gasteiger partial charge in [0.2, 0.25) is 0 Å². The minimum atomic E-state index is -0.367. The molecule has 0 radical (unpaired) electrons. The predicted octanol–water partition coefficient (Wildman–Crippen LogP) is 3.70. The Labute approximate surface area is 176 Å². The number of aromatic nitrogens is 2. The van der Waals surface area contributed by atoms with Crippen LogP contribution >= 0.6 is 0 Å². The topological polar surface area (TPSA) is 75.9 Å². The molecule has 2 heterocycles. The van der Waals surface area contributed by atoms with Gasteiger partial charge in [0.15, 0.2) is 0 Å². The van der Waals surface area contributed by atoms with Gasteiger partial charge in [-0.3, -0.25) is 9.20 Å². The van der Waals surface area contributed by atoms with Crippen LogP contribution in [0.1, 0.15) is 46.0 Å². The molecule has 0 fully saturated rings. The molecule has 30 heavy (non-hydrogen) atoms. The first-order valence-corrected chi connectivity index (χ1v) is 10.2. The van der Waals surface area contributed by atoms with Crippen LogP contribution in [0.3, 0.4) is 0 Å². The molecule has 7 nitrogen and oxygen atoms in total. The standard InChI is InChI=1S/C23H28N4O3/c1-5-26(6-2)14-15-30-23(29)18-9-11-19(12-10-18)25-22(28)20-17(4)24-21-16(3)8-7-13-27(20)21/h7-13H,5-6,14-15H2,1-4H3,(H,25,28). The monoisotopic (exact) mass is 408 g/mol. The highest BCUT2D eigenvalue weighted by Crippen LogP contribution is 2.18. The summed E-state index contributed by atoms with van der Waals surface area (Å²) in [5.41, 5.74) is 3.98. The van der Waals surface area contributed by atoms with E-state index >= 15 is 0 Å². The van der Waals surface area contributed by atoms with Crippen molar-refractivity contribution in [3.05, 3.63) is 65.1 Å². The Morgan fingerprint density at radius 2 is 1.80 bits per heavy atom. The number of carbonyl (C=O) groups excluding carboxylic acids is 2. The van der Waals surface area contributed by atoms with Crippen LogP contribution in [0.5, 0.6) is 0 Å². The van der Waals surface area contributed by atoms with Gasteiger partial charge in [-0.25, -0.2) is 9.78 Å². The number of fused-ring (bicyclic) bond motifs is 1. The van der Waals surface area contributed by atoms with E-state index in [4.69, 9.17) is 4.74 Å². The molecule has 1 amide bonds. The molecule has 0 unspecified atom stereocenters. The number of esters is 1. The Kier molecular flexibility index (Phi) is 6.84. The first-order valence-electron chi connectivity index (χ1n) is 10.2. The first-order chi connectivity index (χ1) is 14.4. The SMILES string of the molecule is CCN(CC)CCOC(=O)c1ccc(NC(=O)c2c(C)nc3c(C)cccn23)cc1. The lowest BCUT2D eigenvalue weighted by Gasteiger charge is -2.17. The number of anilines is 1. The van der Waals surface area contributed by atoms with Gasteiger partial charge in [0.05, 0.1) is 11.3 Å². The molecule has 1 aromatic carbocycles. The van der Waals surface area contributed by atoms with Gasteiger partial charge < -0.3 is 15.0 Å². The molecule has 0 spiro atoms. The summed E-state index contributed by atoms with van der Waals surface area (Å²) in [6, 6.07) is 10.6. The number of rotatable bonds is 8. The molecule has 0 saturated carbocycles.